The number of benzene rings is 2. The van der Waals surface area contributed by atoms with E-state index in [1.807, 2.05) is 44.2 Å². The summed E-state index contributed by atoms with van der Waals surface area (Å²) in [5.74, 6) is -1.89. The molecule has 0 saturated heterocycles. The van der Waals surface area contributed by atoms with Gasteiger partial charge in [0.25, 0.3) is 0 Å². The van der Waals surface area contributed by atoms with Crippen LogP contribution in [0.4, 0.5) is 16.2 Å². The molecule has 2 unspecified atom stereocenters. The minimum absolute atomic E-state index is 0.0357. The van der Waals surface area contributed by atoms with Crippen LogP contribution in [-0.2, 0) is 38.6 Å². The molecule has 43 heavy (non-hydrogen) atoms. The number of tetrazole rings is 1. The molecule has 6 N–H and O–H groups in total. The maximum absolute atomic E-state index is 13.5. The third-order valence-electron chi connectivity index (χ3n) is 7.13. The van der Waals surface area contributed by atoms with Crippen molar-refractivity contribution in [3.63, 3.8) is 0 Å². The number of hydrogen-bond acceptors (Lipinski definition) is 8. The number of amides is 5. The number of carboxylic acid groups (broad SMARTS) is 1. The quantitative estimate of drug-likeness (QED) is 0.175. The van der Waals surface area contributed by atoms with E-state index < -0.39 is 42.4 Å². The highest BCUT2D eigenvalue weighted by Gasteiger charge is 2.39. The van der Waals surface area contributed by atoms with Gasteiger partial charge in [-0.1, -0.05) is 55.8 Å². The Bertz CT molecular complexity index is 1460. The first-order valence-electron chi connectivity index (χ1n) is 13.7. The predicted octanol–water partition coefficient (Wildman–Crippen LogP) is 0.754. The lowest BCUT2D eigenvalue weighted by molar-refractivity contribution is -0.131. The summed E-state index contributed by atoms with van der Waals surface area (Å²) in [5.41, 5.74) is 2.06. The zero-order valence-corrected chi connectivity index (χ0v) is 23.7. The molecule has 0 bridgehead atoms. The first-order chi connectivity index (χ1) is 20.7. The summed E-state index contributed by atoms with van der Waals surface area (Å²) in [6.45, 7) is 3.25. The maximum Gasteiger partial charge on any atom is 0.409 e. The van der Waals surface area contributed by atoms with E-state index in [-0.39, 0.29) is 42.7 Å². The molecule has 226 valence electrons. The molecule has 1 aliphatic heterocycles. The van der Waals surface area contributed by atoms with Crippen LogP contribution in [0.15, 0.2) is 48.5 Å². The van der Waals surface area contributed by atoms with Gasteiger partial charge in [0.2, 0.25) is 23.6 Å². The molecule has 3 atom stereocenters. The molecule has 0 radical (unpaired) electrons. The van der Waals surface area contributed by atoms with Crippen molar-refractivity contribution >= 4 is 41.1 Å². The summed E-state index contributed by atoms with van der Waals surface area (Å²) < 4.78 is 0. The lowest BCUT2D eigenvalue weighted by atomic mass is 9.98. The van der Waals surface area contributed by atoms with Gasteiger partial charge in [0, 0.05) is 17.8 Å². The van der Waals surface area contributed by atoms with Crippen LogP contribution in [0.5, 0.6) is 0 Å². The number of carbonyl (C=O) groups excluding carboxylic acids is 4. The van der Waals surface area contributed by atoms with Crippen molar-refractivity contribution in [3.8, 4) is 0 Å². The lowest BCUT2D eigenvalue weighted by Crippen LogP contribution is -2.54. The summed E-state index contributed by atoms with van der Waals surface area (Å²) >= 11 is 0. The Morgan fingerprint density at radius 3 is 2.53 bits per heavy atom. The number of aromatic amines is 1. The van der Waals surface area contributed by atoms with E-state index in [1.54, 1.807) is 12.1 Å². The number of nitrogens with zero attached hydrogens (tertiary/aromatic N) is 4. The number of H-pyrrole nitrogens is 1. The number of hydrogen-bond donors (Lipinski definition) is 6. The van der Waals surface area contributed by atoms with Crippen LogP contribution in [0.2, 0.25) is 0 Å². The smallest absolute Gasteiger partial charge is 0.409 e. The average Bonchev–Trinajstić information content (AvgIpc) is 3.65. The summed E-state index contributed by atoms with van der Waals surface area (Å²) in [4.78, 5) is 65.1. The van der Waals surface area contributed by atoms with E-state index in [4.69, 9.17) is 5.11 Å². The second kappa shape index (κ2) is 14.0. The topological polar surface area (TPSA) is 211 Å². The van der Waals surface area contributed by atoms with Gasteiger partial charge in [0.05, 0.1) is 19.5 Å². The Morgan fingerprint density at radius 2 is 1.86 bits per heavy atom. The van der Waals surface area contributed by atoms with E-state index in [2.05, 4.69) is 41.9 Å². The van der Waals surface area contributed by atoms with Crippen molar-refractivity contribution in [3.05, 3.63) is 65.5 Å². The molecule has 0 aliphatic carbocycles. The van der Waals surface area contributed by atoms with Crippen molar-refractivity contribution < 1.29 is 29.1 Å². The third kappa shape index (κ3) is 7.90. The van der Waals surface area contributed by atoms with Crippen LogP contribution in [0, 0.1) is 5.92 Å². The Hall–Kier alpha value is -5.34. The highest BCUT2D eigenvalue weighted by molar-refractivity contribution is 6.05. The fourth-order valence-corrected chi connectivity index (χ4v) is 4.78. The molecule has 0 spiro atoms. The lowest BCUT2D eigenvalue weighted by Gasteiger charge is -2.27. The van der Waals surface area contributed by atoms with Crippen molar-refractivity contribution in [2.45, 2.75) is 51.7 Å². The van der Waals surface area contributed by atoms with Gasteiger partial charge in [0.1, 0.15) is 12.1 Å². The Balaban J connectivity index is 1.47. The fourth-order valence-electron chi connectivity index (χ4n) is 4.78. The normalized spacial score (nSPS) is 15.1. The molecule has 15 nitrogen and oxygen atoms in total. The Kier molecular flexibility index (Phi) is 9.98. The van der Waals surface area contributed by atoms with Crippen LogP contribution in [-0.4, -0.2) is 74.1 Å². The van der Waals surface area contributed by atoms with E-state index in [1.165, 1.54) is 11.0 Å². The van der Waals surface area contributed by atoms with Crippen LogP contribution in [0.3, 0.4) is 0 Å². The first kappa shape index (κ1) is 30.6. The average molecular weight is 592 g/mol. The summed E-state index contributed by atoms with van der Waals surface area (Å²) in [6, 6.07) is 11.8. The van der Waals surface area contributed by atoms with E-state index in [0.717, 1.165) is 5.56 Å². The van der Waals surface area contributed by atoms with Gasteiger partial charge in [-0.05, 0) is 35.2 Å². The molecule has 0 fully saturated rings. The highest BCUT2D eigenvalue weighted by atomic mass is 16.4. The predicted molar refractivity (Wildman–Crippen MR) is 154 cm³/mol. The fraction of sp³-hybridized carbons (Fsp3) is 0.357. The van der Waals surface area contributed by atoms with Gasteiger partial charge >= 0.3 is 6.09 Å². The number of aromatic nitrogens is 4. The highest BCUT2D eigenvalue weighted by Crippen LogP contribution is 2.34. The van der Waals surface area contributed by atoms with Crippen molar-refractivity contribution in [2.24, 2.45) is 5.92 Å². The van der Waals surface area contributed by atoms with Gasteiger partial charge in [-0.2, -0.15) is 5.21 Å². The molecule has 15 heteroatoms. The largest absolute Gasteiger partial charge is 0.465 e. The Labute approximate surface area is 246 Å². The van der Waals surface area contributed by atoms with Crippen molar-refractivity contribution in [2.75, 3.05) is 16.8 Å². The number of carbonyl (C=O) groups is 5. The molecule has 5 amide bonds. The van der Waals surface area contributed by atoms with E-state index >= 15 is 0 Å². The van der Waals surface area contributed by atoms with Gasteiger partial charge in [-0.25, -0.2) is 4.79 Å². The maximum atomic E-state index is 13.5. The molecule has 4 rings (SSSR count). The summed E-state index contributed by atoms with van der Waals surface area (Å²) in [6.07, 6.45) is -0.446. The standard InChI is InChI=1S/C28H33N9O6/c1-3-16(2)25(32-23(38)11-17-7-5-4-6-8-17)27(41)30-15-24(39)37-20-10-9-19(31-28(42)43)12-18(20)13-21(37)26(40)29-14-22-33-35-36-34-22/h4-10,12,16,21,25,31H,3,11,13-15H2,1-2H3,(H,29,40)(H,30,41)(H,32,38)(H,42,43)(H,33,34,35,36)/t16?,21-,25?/m0/s1. The number of nitrogens with one attached hydrogen (secondary N) is 5. The minimum Gasteiger partial charge on any atom is -0.465 e. The molecule has 0 saturated carbocycles. The van der Waals surface area contributed by atoms with Crippen molar-refractivity contribution in [1.82, 2.24) is 36.6 Å². The molecule has 2 aromatic carbocycles. The van der Waals surface area contributed by atoms with Crippen LogP contribution < -0.4 is 26.2 Å². The van der Waals surface area contributed by atoms with Gasteiger partial charge in [-0.3, -0.25) is 29.4 Å². The first-order valence-corrected chi connectivity index (χ1v) is 13.7. The zero-order chi connectivity index (χ0) is 30.9. The monoisotopic (exact) mass is 591 g/mol. The minimum atomic E-state index is -1.25. The number of rotatable bonds is 12. The Morgan fingerprint density at radius 1 is 1.09 bits per heavy atom. The van der Waals surface area contributed by atoms with Gasteiger partial charge in [-0.15, -0.1) is 10.2 Å². The third-order valence-corrected chi connectivity index (χ3v) is 7.13. The zero-order valence-electron chi connectivity index (χ0n) is 23.7. The summed E-state index contributed by atoms with van der Waals surface area (Å²) in [5, 5.41) is 32.8. The van der Waals surface area contributed by atoms with Gasteiger partial charge < -0.3 is 21.1 Å². The van der Waals surface area contributed by atoms with Gasteiger partial charge in [0.15, 0.2) is 5.82 Å². The molecule has 1 aromatic heterocycles. The molecule has 3 aromatic rings. The number of anilines is 2. The number of fused-ring (bicyclic) bond motifs is 1. The van der Waals surface area contributed by atoms with E-state index in [9.17, 15) is 24.0 Å². The summed E-state index contributed by atoms with van der Waals surface area (Å²) in [7, 11) is 0. The molecular weight excluding hydrogens is 558 g/mol. The van der Waals surface area contributed by atoms with Crippen LogP contribution in [0.25, 0.3) is 0 Å². The van der Waals surface area contributed by atoms with E-state index in [0.29, 0.717) is 17.7 Å². The molecule has 1 aliphatic rings. The van der Waals surface area contributed by atoms with Crippen molar-refractivity contribution in [1.29, 1.82) is 0 Å². The molecular formula is C28H33N9O6. The van der Waals surface area contributed by atoms with Crippen LogP contribution >= 0.6 is 0 Å². The SMILES string of the molecule is CCC(C)C(NC(=O)Cc1ccccc1)C(=O)NCC(=O)N1c2ccc(NC(=O)O)cc2C[C@H]1C(=O)NCc1nn[nH]n1. The second-order valence-electron chi connectivity index (χ2n) is 10.1. The second-order valence-corrected chi connectivity index (χ2v) is 10.1. The molecule has 2 heterocycles. The van der Waals surface area contributed by atoms with Crippen LogP contribution in [0.1, 0.15) is 37.2 Å².